The summed E-state index contributed by atoms with van der Waals surface area (Å²) in [4.78, 5) is 19.0. The summed E-state index contributed by atoms with van der Waals surface area (Å²) in [6.07, 6.45) is 8.43. The smallest absolute Gasteiger partial charge is 0.233 e. The average molecular weight is 303 g/mol. The van der Waals surface area contributed by atoms with Crippen LogP contribution in [0.1, 0.15) is 75.4 Å². The van der Waals surface area contributed by atoms with Crippen molar-refractivity contribution in [3.63, 3.8) is 0 Å². The van der Waals surface area contributed by atoms with E-state index in [-0.39, 0.29) is 11.8 Å². The molecule has 0 bridgehead atoms. The molecule has 3 fully saturated rings. The Kier molecular flexibility index (Phi) is 3.66. The van der Waals surface area contributed by atoms with Crippen LogP contribution >= 0.6 is 0 Å². The van der Waals surface area contributed by atoms with Crippen LogP contribution in [0.15, 0.2) is 4.52 Å². The first-order valence-corrected chi connectivity index (χ1v) is 8.84. The molecule has 1 amide bonds. The molecule has 0 N–H and O–H groups in total. The van der Waals surface area contributed by atoms with Gasteiger partial charge in [-0.3, -0.25) is 4.79 Å². The molecule has 1 atom stereocenters. The quantitative estimate of drug-likeness (QED) is 0.857. The standard InChI is InChI=1S/C17H25N3O2/c1-11(12-7-8-12)15-18-16(22-19-15)14-9-20(10-14)17(21)13-5-3-2-4-6-13/h11-14H,2-10H2,1H3. The van der Waals surface area contributed by atoms with Gasteiger partial charge in [0, 0.05) is 24.9 Å². The molecule has 1 unspecified atom stereocenters. The predicted octanol–water partition coefficient (Wildman–Crippen LogP) is 3.09. The van der Waals surface area contributed by atoms with Gasteiger partial charge in [-0.15, -0.1) is 0 Å². The molecule has 4 rings (SSSR count). The molecule has 1 aromatic rings. The zero-order chi connectivity index (χ0) is 15.1. The van der Waals surface area contributed by atoms with Gasteiger partial charge in [-0.25, -0.2) is 0 Å². The van der Waals surface area contributed by atoms with Crippen LogP contribution in [-0.4, -0.2) is 34.0 Å². The Labute approximate surface area is 131 Å². The SMILES string of the molecule is CC(c1noc(C2CN(C(=O)C3CCCCC3)C2)n1)C1CC1. The van der Waals surface area contributed by atoms with Gasteiger partial charge < -0.3 is 9.42 Å². The van der Waals surface area contributed by atoms with Gasteiger partial charge in [0.05, 0.1) is 5.92 Å². The molecular formula is C17H25N3O2. The van der Waals surface area contributed by atoms with E-state index in [0.717, 1.165) is 43.6 Å². The molecule has 1 aromatic heterocycles. The molecule has 2 heterocycles. The zero-order valence-electron chi connectivity index (χ0n) is 13.3. The van der Waals surface area contributed by atoms with Gasteiger partial charge in [-0.05, 0) is 31.6 Å². The minimum Gasteiger partial charge on any atom is -0.341 e. The van der Waals surface area contributed by atoms with Crippen molar-refractivity contribution < 1.29 is 9.32 Å². The topological polar surface area (TPSA) is 59.2 Å². The summed E-state index contributed by atoms with van der Waals surface area (Å²) in [7, 11) is 0. The van der Waals surface area contributed by atoms with Crippen LogP contribution in [0, 0.1) is 11.8 Å². The highest BCUT2D eigenvalue weighted by Gasteiger charge is 2.39. The summed E-state index contributed by atoms with van der Waals surface area (Å²) in [6.45, 7) is 3.70. The van der Waals surface area contributed by atoms with Crippen molar-refractivity contribution in [2.75, 3.05) is 13.1 Å². The third kappa shape index (κ3) is 2.66. The zero-order valence-corrected chi connectivity index (χ0v) is 13.3. The lowest BCUT2D eigenvalue weighted by atomic mass is 9.86. The molecule has 0 radical (unpaired) electrons. The molecule has 2 aliphatic carbocycles. The Morgan fingerprint density at radius 1 is 1.18 bits per heavy atom. The van der Waals surface area contributed by atoms with Gasteiger partial charge in [0.2, 0.25) is 11.8 Å². The normalized spacial score (nSPS) is 25.0. The van der Waals surface area contributed by atoms with Crippen LogP contribution in [0.2, 0.25) is 0 Å². The molecule has 1 aliphatic heterocycles. The number of aromatic nitrogens is 2. The number of carbonyl (C=O) groups excluding carboxylic acids is 1. The van der Waals surface area contributed by atoms with Crippen molar-refractivity contribution in [1.29, 1.82) is 0 Å². The molecular weight excluding hydrogens is 278 g/mol. The van der Waals surface area contributed by atoms with Gasteiger partial charge >= 0.3 is 0 Å². The number of rotatable bonds is 4. The van der Waals surface area contributed by atoms with Crippen molar-refractivity contribution in [3.05, 3.63) is 11.7 Å². The highest BCUT2D eigenvalue weighted by molar-refractivity contribution is 5.79. The second-order valence-corrected chi connectivity index (χ2v) is 7.39. The molecule has 22 heavy (non-hydrogen) atoms. The van der Waals surface area contributed by atoms with E-state index < -0.39 is 0 Å². The first kappa shape index (κ1) is 14.2. The first-order valence-electron chi connectivity index (χ1n) is 8.84. The van der Waals surface area contributed by atoms with Gasteiger partial charge in [-0.2, -0.15) is 4.98 Å². The third-order valence-corrected chi connectivity index (χ3v) is 5.69. The number of carbonyl (C=O) groups is 1. The highest BCUT2D eigenvalue weighted by atomic mass is 16.5. The van der Waals surface area contributed by atoms with Crippen molar-refractivity contribution in [1.82, 2.24) is 15.0 Å². The van der Waals surface area contributed by atoms with Crippen LogP contribution in [0.3, 0.4) is 0 Å². The van der Waals surface area contributed by atoms with Gasteiger partial charge in [0.25, 0.3) is 0 Å². The second-order valence-electron chi connectivity index (χ2n) is 7.39. The minimum absolute atomic E-state index is 0.250. The lowest BCUT2D eigenvalue weighted by molar-refractivity contribution is -0.141. The van der Waals surface area contributed by atoms with Crippen LogP contribution in [-0.2, 0) is 4.79 Å². The molecule has 5 heteroatoms. The Hall–Kier alpha value is -1.39. The maximum absolute atomic E-state index is 12.4. The van der Waals surface area contributed by atoms with Crippen molar-refractivity contribution in [3.8, 4) is 0 Å². The highest BCUT2D eigenvalue weighted by Crippen LogP contribution is 2.41. The van der Waals surface area contributed by atoms with E-state index >= 15 is 0 Å². The monoisotopic (exact) mass is 303 g/mol. The van der Waals surface area contributed by atoms with E-state index in [2.05, 4.69) is 17.1 Å². The van der Waals surface area contributed by atoms with E-state index in [9.17, 15) is 4.79 Å². The lowest BCUT2D eigenvalue weighted by Gasteiger charge is -2.39. The summed E-state index contributed by atoms with van der Waals surface area (Å²) in [5, 5.41) is 4.15. The van der Waals surface area contributed by atoms with Crippen molar-refractivity contribution in [2.45, 2.75) is 63.7 Å². The average Bonchev–Trinajstić information content (AvgIpc) is 3.25. The van der Waals surface area contributed by atoms with E-state index in [0.29, 0.717) is 11.8 Å². The Morgan fingerprint density at radius 3 is 2.59 bits per heavy atom. The molecule has 1 saturated heterocycles. The van der Waals surface area contributed by atoms with Gasteiger partial charge in [-0.1, -0.05) is 31.3 Å². The van der Waals surface area contributed by atoms with E-state index in [1.807, 2.05) is 4.90 Å². The molecule has 0 aromatic carbocycles. The summed E-state index contributed by atoms with van der Waals surface area (Å²) < 4.78 is 5.44. The molecule has 5 nitrogen and oxygen atoms in total. The number of hydrogen-bond acceptors (Lipinski definition) is 4. The maximum Gasteiger partial charge on any atom is 0.233 e. The molecule has 120 valence electrons. The fourth-order valence-electron chi connectivity index (χ4n) is 3.83. The largest absolute Gasteiger partial charge is 0.341 e. The summed E-state index contributed by atoms with van der Waals surface area (Å²) >= 11 is 0. The van der Waals surface area contributed by atoms with Crippen molar-refractivity contribution >= 4 is 5.91 Å². The Balaban J connectivity index is 1.32. The Morgan fingerprint density at radius 2 is 1.91 bits per heavy atom. The van der Waals surface area contributed by atoms with Gasteiger partial charge in [0.1, 0.15) is 0 Å². The summed E-state index contributed by atoms with van der Waals surface area (Å²) in [5.74, 6) is 3.61. The molecule has 3 aliphatic rings. The first-order chi connectivity index (χ1) is 10.7. The molecule has 2 saturated carbocycles. The lowest BCUT2D eigenvalue weighted by Crippen LogP contribution is -2.51. The van der Waals surface area contributed by atoms with Crippen molar-refractivity contribution in [2.24, 2.45) is 11.8 Å². The minimum atomic E-state index is 0.250. The van der Waals surface area contributed by atoms with Crippen LogP contribution in [0.25, 0.3) is 0 Å². The number of likely N-dealkylation sites (tertiary alicyclic amines) is 1. The number of hydrogen-bond donors (Lipinski definition) is 0. The predicted molar refractivity (Wildman–Crippen MR) is 81.3 cm³/mol. The van der Waals surface area contributed by atoms with Crippen LogP contribution < -0.4 is 0 Å². The second kappa shape index (κ2) is 5.67. The van der Waals surface area contributed by atoms with Gasteiger partial charge in [0.15, 0.2) is 5.82 Å². The third-order valence-electron chi connectivity index (χ3n) is 5.69. The van der Waals surface area contributed by atoms with Crippen LogP contribution in [0.4, 0.5) is 0 Å². The fourth-order valence-corrected chi connectivity index (χ4v) is 3.83. The van der Waals surface area contributed by atoms with E-state index in [4.69, 9.17) is 4.52 Å². The maximum atomic E-state index is 12.4. The molecule has 0 spiro atoms. The Bertz CT molecular complexity index is 540. The summed E-state index contributed by atoms with van der Waals surface area (Å²) in [5.41, 5.74) is 0. The fraction of sp³-hybridized carbons (Fsp3) is 0.824. The van der Waals surface area contributed by atoms with E-state index in [1.54, 1.807) is 0 Å². The number of amides is 1. The summed E-state index contributed by atoms with van der Waals surface area (Å²) in [6, 6.07) is 0. The van der Waals surface area contributed by atoms with E-state index in [1.165, 1.54) is 32.1 Å². The number of nitrogens with zero attached hydrogens (tertiary/aromatic N) is 3. The van der Waals surface area contributed by atoms with Crippen LogP contribution in [0.5, 0.6) is 0 Å².